The Bertz CT molecular complexity index is 1030. The number of ether oxygens (including phenoxy) is 2. The molecule has 0 amide bonds. The number of hydrogen-bond donors (Lipinski definition) is 5. The van der Waals surface area contributed by atoms with Crippen molar-refractivity contribution in [2.75, 3.05) is 13.7 Å². The normalized spacial score (nSPS) is 41.3. The lowest BCUT2D eigenvalue weighted by Gasteiger charge is -2.66. The maximum absolute atomic E-state index is 12.9. The van der Waals surface area contributed by atoms with E-state index in [1.807, 2.05) is 0 Å². The van der Waals surface area contributed by atoms with Gasteiger partial charge < -0.3 is 35.0 Å². The number of rotatable bonds is 5. The third-order valence-corrected chi connectivity index (χ3v) is 8.20. The van der Waals surface area contributed by atoms with E-state index in [0.717, 1.165) is 0 Å². The van der Waals surface area contributed by atoms with Crippen LogP contribution >= 0.6 is 0 Å². The van der Waals surface area contributed by atoms with E-state index in [4.69, 9.17) is 9.47 Å². The standard InChI is InChI=1S/C24H30O9/c1-12-5-14(32-4)6-15(27)17(12)20(29)33-16-8-22(3)18-19(28)21(2,11-26)10-23(18,30)7-13(9-25)24(16,22)31/h5-7,9,16,18-19,26-28,30-31H,8,10-11H2,1-4H3/t16-,18?,19-,21-,22-,23+,24+/m1/s1. The van der Waals surface area contributed by atoms with Crippen LogP contribution in [-0.4, -0.2) is 74.9 Å². The van der Waals surface area contributed by atoms with Crippen molar-refractivity contribution in [1.82, 2.24) is 0 Å². The molecular formula is C24H30O9. The van der Waals surface area contributed by atoms with E-state index < -0.39 is 46.1 Å². The van der Waals surface area contributed by atoms with E-state index in [9.17, 15) is 35.1 Å². The van der Waals surface area contributed by atoms with Crippen molar-refractivity contribution in [3.05, 3.63) is 34.9 Å². The van der Waals surface area contributed by atoms with Crippen LogP contribution in [0.3, 0.4) is 0 Å². The predicted molar refractivity (Wildman–Crippen MR) is 115 cm³/mol. The zero-order valence-corrected chi connectivity index (χ0v) is 19.0. The first-order valence-corrected chi connectivity index (χ1v) is 10.8. The lowest BCUT2D eigenvalue weighted by molar-refractivity contribution is -0.273. The lowest BCUT2D eigenvalue weighted by atomic mass is 9.43. The van der Waals surface area contributed by atoms with Crippen LogP contribution in [0.2, 0.25) is 0 Å². The number of fused-ring (bicyclic) bond motifs is 3. The summed E-state index contributed by atoms with van der Waals surface area (Å²) >= 11 is 0. The highest BCUT2D eigenvalue weighted by Gasteiger charge is 2.78. The summed E-state index contributed by atoms with van der Waals surface area (Å²) in [5.74, 6) is -1.77. The van der Waals surface area contributed by atoms with Gasteiger partial charge in [0.25, 0.3) is 0 Å². The quantitative estimate of drug-likeness (QED) is 0.313. The molecule has 0 spiro atoms. The summed E-state index contributed by atoms with van der Waals surface area (Å²) in [6, 6.07) is 2.82. The van der Waals surface area contributed by atoms with E-state index in [2.05, 4.69) is 0 Å². The molecule has 180 valence electrons. The van der Waals surface area contributed by atoms with Gasteiger partial charge in [-0.15, -0.1) is 0 Å². The van der Waals surface area contributed by atoms with Crippen LogP contribution in [0.4, 0.5) is 0 Å². The summed E-state index contributed by atoms with van der Waals surface area (Å²) in [4.78, 5) is 24.9. The number of carbonyl (C=O) groups is 2. The first kappa shape index (κ1) is 23.7. The molecule has 4 rings (SSSR count). The van der Waals surface area contributed by atoms with Gasteiger partial charge in [0.05, 0.1) is 25.4 Å². The number of esters is 1. The number of hydrogen-bond acceptors (Lipinski definition) is 9. The molecule has 0 radical (unpaired) electrons. The molecule has 0 aliphatic heterocycles. The second kappa shape index (κ2) is 7.27. The van der Waals surface area contributed by atoms with Crippen LogP contribution in [0, 0.1) is 23.7 Å². The van der Waals surface area contributed by atoms with Gasteiger partial charge in [-0.1, -0.05) is 13.8 Å². The van der Waals surface area contributed by atoms with E-state index in [-0.39, 0.29) is 36.3 Å². The Morgan fingerprint density at radius 1 is 1.27 bits per heavy atom. The molecule has 9 heteroatoms. The molecule has 0 bridgehead atoms. The average molecular weight is 462 g/mol. The van der Waals surface area contributed by atoms with Crippen LogP contribution < -0.4 is 4.74 Å². The fourth-order valence-corrected chi connectivity index (χ4v) is 6.47. The van der Waals surface area contributed by atoms with Gasteiger partial charge in [0.2, 0.25) is 0 Å². The van der Waals surface area contributed by atoms with Gasteiger partial charge in [-0.05, 0) is 37.5 Å². The van der Waals surface area contributed by atoms with Crippen molar-refractivity contribution in [3.63, 3.8) is 0 Å². The van der Waals surface area contributed by atoms with Crippen LogP contribution in [0.25, 0.3) is 0 Å². The SMILES string of the molecule is COc1cc(C)c(C(=O)O[C@@H]2C[C@]3(C)C4[C@@H](O)[C@@](C)(CO)C[C@@]4(O)C=C(C=O)[C@]23O)c(O)c1. The molecule has 3 aliphatic rings. The molecule has 7 atom stereocenters. The molecular weight excluding hydrogens is 432 g/mol. The molecule has 3 aliphatic carbocycles. The molecule has 0 saturated heterocycles. The number of phenols is 1. The number of aliphatic hydroxyl groups is 4. The number of aryl methyl sites for hydroxylation is 1. The molecule has 0 aromatic heterocycles. The van der Waals surface area contributed by atoms with Gasteiger partial charge >= 0.3 is 5.97 Å². The van der Waals surface area contributed by atoms with E-state index >= 15 is 0 Å². The number of carbonyl (C=O) groups excluding carboxylic acids is 2. The molecule has 2 saturated carbocycles. The molecule has 5 N–H and O–H groups in total. The van der Waals surface area contributed by atoms with Gasteiger partial charge in [-0.3, -0.25) is 4.79 Å². The Morgan fingerprint density at radius 2 is 1.94 bits per heavy atom. The zero-order valence-electron chi connectivity index (χ0n) is 19.0. The van der Waals surface area contributed by atoms with Crippen molar-refractivity contribution in [1.29, 1.82) is 0 Å². The Kier molecular flexibility index (Phi) is 5.22. The highest BCUT2D eigenvalue weighted by molar-refractivity contribution is 5.94. The second-order valence-corrected chi connectivity index (χ2v) is 10.2. The molecule has 1 unspecified atom stereocenters. The summed E-state index contributed by atoms with van der Waals surface area (Å²) in [5.41, 5.74) is -5.65. The fraction of sp³-hybridized carbons (Fsp3) is 0.583. The topological polar surface area (TPSA) is 154 Å². The lowest BCUT2D eigenvalue weighted by Crippen LogP contribution is -2.76. The number of benzene rings is 1. The summed E-state index contributed by atoms with van der Waals surface area (Å²) in [6.45, 7) is 4.48. The largest absolute Gasteiger partial charge is 0.507 e. The van der Waals surface area contributed by atoms with E-state index in [1.54, 1.807) is 26.8 Å². The van der Waals surface area contributed by atoms with Crippen molar-refractivity contribution in [2.24, 2.45) is 16.7 Å². The van der Waals surface area contributed by atoms with Crippen LogP contribution in [0.5, 0.6) is 11.5 Å². The van der Waals surface area contributed by atoms with Crippen molar-refractivity contribution in [3.8, 4) is 11.5 Å². The van der Waals surface area contributed by atoms with Gasteiger partial charge in [0, 0.05) is 28.4 Å². The van der Waals surface area contributed by atoms with Gasteiger partial charge in [-0.25, -0.2) is 4.79 Å². The average Bonchev–Trinajstić information content (AvgIpc) is 2.95. The summed E-state index contributed by atoms with van der Waals surface area (Å²) in [7, 11) is 1.42. The third kappa shape index (κ3) is 2.92. The number of aliphatic hydroxyl groups excluding tert-OH is 2. The molecule has 9 nitrogen and oxygen atoms in total. The second-order valence-electron chi connectivity index (χ2n) is 10.2. The zero-order chi connectivity index (χ0) is 24.6. The Morgan fingerprint density at radius 3 is 2.48 bits per heavy atom. The van der Waals surface area contributed by atoms with E-state index in [1.165, 1.54) is 19.3 Å². The summed E-state index contributed by atoms with van der Waals surface area (Å²) in [5, 5.41) is 54.2. The highest BCUT2D eigenvalue weighted by Crippen LogP contribution is 2.69. The smallest absolute Gasteiger partial charge is 0.342 e. The first-order chi connectivity index (χ1) is 15.3. The Hall–Kier alpha value is -2.46. The maximum Gasteiger partial charge on any atom is 0.342 e. The maximum atomic E-state index is 12.9. The van der Waals surface area contributed by atoms with Crippen LogP contribution in [0.1, 0.15) is 42.6 Å². The number of phenolic OH excluding ortho intramolecular Hbond substituents is 1. The van der Waals surface area contributed by atoms with Crippen molar-refractivity contribution < 1.29 is 44.6 Å². The monoisotopic (exact) mass is 462 g/mol. The molecule has 33 heavy (non-hydrogen) atoms. The van der Waals surface area contributed by atoms with Gasteiger partial charge in [0.15, 0.2) is 0 Å². The van der Waals surface area contributed by atoms with Gasteiger partial charge in [-0.2, -0.15) is 0 Å². The Balaban J connectivity index is 1.70. The summed E-state index contributed by atoms with van der Waals surface area (Å²) < 4.78 is 10.6. The fourth-order valence-electron chi connectivity index (χ4n) is 6.47. The Labute approximate surface area is 191 Å². The van der Waals surface area contributed by atoms with E-state index in [0.29, 0.717) is 17.6 Å². The number of aldehydes is 1. The number of aromatic hydroxyl groups is 1. The highest BCUT2D eigenvalue weighted by atomic mass is 16.6. The van der Waals surface area contributed by atoms with Crippen LogP contribution in [0.15, 0.2) is 23.8 Å². The molecule has 2 fully saturated rings. The molecule has 1 aromatic rings. The summed E-state index contributed by atoms with van der Waals surface area (Å²) in [6.07, 6.45) is -0.601. The first-order valence-electron chi connectivity index (χ1n) is 10.8. The minimum absolute atomic E-state index is 0.00864. The molecule has 0 heterocycles. The predicted octanol–water partition coefficient (Wildman–Crippen LogP) is 0.625. The van der Waals surface area contributed by atoms with Crippen LogP contribution in [-0.2, 0) is 9.53 Å². The van der Waals surface area contributed by atoms with Crippen molar-refractivity contribution in [2.45, 2.75) is 57.0 Å². The molecule has 1 aromatic carbocycles. The third-order valence-electron chi connectivity index (χ3n) is 8.20. The minimum atomic E-state index is -1.96. The number of methoxy groups -OCH3 is 1. The van der Waals surface area contributed by atoms with Gasteiger partial charge in [0.1, 0.15) is 35.1 Å². The van der Waals surface area contributed by atoms with Crippen molar-refractivity contribution >= 4 is 12.3 Å². The minimum Gasteiger partial charge on any atom is -0.507 e.